The van der Waals surface area contributed by atoms with Gasteiger partial charge in [-0.15, -0.1) is 0 Å². The van der Waals surface area contributed by atoms with Crippen LogP contribution in [-0.2, 0) is 23.8 Å². The van der Waals surface area contributed by atoms with Gasteiger partial charge >= 0.3 is 5.97 Å². The highest BCUT2D eigenvalue weighted by Crippen LogP contribution is 2.10. The molecule has 0 atom stereocenters. The van der Waals surface area contributed by atoms with Crippen molar-refractivity contribution in [3.63, 3.8) is 0 Å². The molecule has 0 aromatic carbocycles. The van der Waals surface area contributed by atoms with Gasteiger partial charge in [0, 0.05) is 11.5 Å². The Bertz CT molecular complexity index is 253. The van der Waals surface area contributed by atoms with Gasteiger partial charge in [-0.25, -0.2) is 4.79 Å². The van der Waals surface area contributed by atoms with Gasteiger partial charge in [0.15, 0.2) is 6.29 Å². The van der Waals surface area contributed by atoms with E-state index in [1.54, 1.807) is 6.92 Å². The summed E-state index contributed by atoms with van der Waals surface area (Å²) >= 11 is 0. The lowest BCUT2D eigenvalue weighted by atomic mass is 10.2. The number of hydrogen-bond donors (Lipinski definition) is 0. The number of aldehydes is 1. The molecule has 1 fully saturated rings. The van der Waals surface area contributed by atoms with Crippen LogP contribution in [0.5, 0.6) is 0 Å². The summed E-state index contributed by atoms with van der Waals surface area (Å²) in [7, 11) is 0. The van der Waals surface area contributed by atoms with Gasteiger partial charge in [0.2, 0.25) is 6.29 Å². The highest BCUT2D eigenvalue weighted by atomic mass is 16.7. The Morgan fingerprint density at radius 1 is 1.53 bits per heavy atom. The summed E-state index contributed by atoms with van der Waals surface area (Å²) in [6.45, 7) is 5.97. The van der Waals surface area contributed by atoms with Gasteiger partial charge in [-0.05, 0) is 6.92 Å². The molecule has 0 unspecified atom stereocenters. The number of carbonyl (C=O) groups excluding carboxylic acids is 2. The van der Waals surface area contributed by atoms with E-state index in [4.69, 9.17) is 14.2 Å². The molecule has 0 saturated carbocycles. The highest BCUT2D eigenvalue weighted by Gasteiger charge is 2.22. The van der Waals surface area contributed by atoms with Gasteiger partial charge in [-0.3, -0.25) is 4.79 Å². The molecule has 1 heterocycles. The van der Waals surface area contributed by atoms with Gasteiger partial charge in [0.1, 0.15) is 0 Å². The predicted octanol–water partition coefficient (Wildman–Crippen LogP) is 0.294. The Morgan fingerprint density at radius 2 is 2.13 bits per heavy atom. The molecule has 0 amide bonds. The first-order chi connectivity index (χ1) is 7.13. The van der Waals surface area contributed by atoms with Crippen LogP contribution in [0.2, 0.25) is 0 Å². The van der Waals surface area contributed by atoms with Crippen LogP contribution in [0.3, 0.4) is 0 Å². The number of carbonyl (C=O) groups is 2. The minimum absolute atomic E-state index is 0.0236. The second-order valence-corrected chi connectivity index (χ2v) is 3.42. The standard InChI is InChI=1S/C10H14O5/c1-7(2)10(12)15-6-8-4-13-9(3-11)14-5-8/h3,8-9H,1,4-6H2,2H3. The molecule has 15 heavy (non-hydrogen) atoms. The zero-order valence-electron chi connectivity index (χ0n) is 8.60. The average molecular weight is 214 g/mol. The molecule has 0 aromatic heterocycles. The Morgan fingerprint density at radius 3 is 2.60 bits per heavy atom. The van der Waals surface area contributed by atoms with Crippen molar-refractivity contribution in [2.24, 2.45) is 5.92 Å². The first-order valence-corrected chi connectivity index (χ1v) is 4.64. The third-order valence-electron chi connectivity index (χ3n) is 1.90. The van der Waals surface area contributed by atoms with E-state index in [1.807, 2.05) is 0 Å². The van der Waals surface area contributed by atoms with Crippen molar-refractivity contribution in [3.05, 3.63) is 12.2 Å². The molecule has 1 rings (SSSR count). The Kier molecular flexibility index (Phi) is 4.45. The second kappa shape index (κ2) is 5.63. The largest absolute Gasteiger partial charge is 0.462 e. The fourth-order valence-corrected chi connectivity index (χ4v) is 1.05. The van der Waals surface area contributed by atoms with Gasteiger partial charge in [0.05, 0.1) is 19.8 Å². The van der Waals surface area contributed by atoms with Crippen molar-refractivity contribution in [1.82, 2.24) is 0 Å². The van der Waals surface area contributed by atoms with E-state index in [0.717, 1.165) is 0 Å². The molecule has 1 aliphatic rings. The lowest BCUT2D eigenvalue weighted by Gasteiger charge is -2.25. The van der Waals surface area contributed by atoms with Crippen LogP contribution in [0.25, 0.3) is 0 Å². The molecular weight excluding hydrogens is 200 g/mol. The number of ether oxygens (including phenoxy) is 3. The molecule has 0 radical (unpaired) electrons. The zero-order valence-corrected chi connectivity index (χ0v) is 8.60. The summed E-state index contributed by atoms with van der Waals surface area (Å²) in [6, 6.07) is 0. The van der Waals surface area contributed by atoms with Crippen molar-refractivity contribution in [3.8, 4) is 0 Å². The summed E-state index contributed by atoms with van der Waals surface area (Å²) < 4.78 is 15.0. The molecule has 1 aliphatic heterocycles. The summed E-state index contributed by atoms with van der Waals surface area (Å²) in [5, 5.41) is 0. The fourth-order valence-electron chi connectivity index (χ4n) is 1.05. The minimum atomic E-state index is -0.780. The molecular formula is C10H14O5. The quantitative estimate of drug-likeness (QED) is 0.382. The van der Waals surface area contributed by atoms with E-state index in [2.05, 4.69) is 6.58 Å². The van der Waals surface area contributed by atoms with Gasteiger partial charge in [0.25, 0.3) is 0 Å². The maximum atomic E-state index is 11.0. The van der Waals surface area contributed by atoms with Crippen LogP contribution in [0.4, 0.5) is 0 Å². The van der Waals surface area contributed by atoms with Crippen molar-refractivity contribution in [2.45, 2.75) is 13.2 Å². The van der Waals surface area contributed by atoms with Crippen LogP contribution in [0, 0.1) is 5.92 Å². The van der Waals surface area contributed by atoms with Crippen LogP contribution < -0.4 is 0 Å². The topological polar surface area (TPSA) is 61.8 Å². The molecule has 5 nitrogen and oxygen atoms in total. The molecule has 84 valence electrons. The SMILES string of the molecule is C=C(C)C(=O)OCC1COC(C=O)OC1. The molecule has 0 spiro atoms. The highest BCUT2D eigenvalue weighted by molar-refractivity contribution is 5.86. The number of esters is 1. The summed E-state index contributed by atoms with van der Waals surface area (Å²) in [4.78, 5) is 21.3. The molecule has 1 saturated heterocycles. The van der Waals surface area contributed by atoms with Crippen molar-refractivity contribution >= 4 is 12.3 Å². The van der Waals surface area contributed by atoms with Crippen LogP contribution in [0.15, 0.2) is 12.2 Å². The summed E-state index contributed by atoms with van der Waals surface area (Å²) in [6.07, 6.45) is -0.186. The molecule has 5 heteroatoms. The Hall–Kier alpha value is -1.20. The first kappa shape index (κ1) is 11.9. The Balaban J connectivity index is 2.21. The molecule has 0 bridgehead atoms. The van der Waals surface area contributed by atoms with E-state index in [9.17, 15) is 9.59 Å². The van der Waals surface area contributed by atoms with E-state index in [-0.39, 0.29) is 12.5 Å². The first-order valence-electron chi connectivity index (χ1n) is 4.64. The average Bonchev–Trinajstić information content (AvgIpc) is 2.26. The number of rotatable bonds is 4. The third kappa shape index (κ3) is 3.81. The maximum Gasteiger partial charge on any atom is 0.333 e. The lowest BCUT2D eigenvalue weighted by Crippen LogP contribution is -2.35. The smallest absolute Gasteiger partial charge is 0.333 e. The third-order valence-corrected chi connectivity index (χ3v) is 1.90. The number of hydrogen-bond acceptors (Lipinski definition) is 5. The lowest BCUT2D eigenvalue weighted by molar-refractivity contribution is -0.199. The monoisotopic (exact) mass is 214 g/mol. The van der Waals surface area contributed by atoms with Gasteiger partial charge in [-0.2, -0.15) is 0 Å². The van der Waals surface area contributed by atoms with Crippen molar-refractivity contribution in [1.29, 1.82) is 0 Å². The van der Waals surface area contributed by atoms with Gasteiger partial charge in [-0.1, -0.05) is 6.58 Å². The maximum absolute atomic E-state index is 11.0. The minimum Gasteiger partial charge on any atom is -0.462 e. The van der Waals surface area contributed by atoms with Crippen LogP contribution in [0.1, 0.15) is 6.92 Å². The van der Waals surface area contributed by atoms with Crippen molar-refractivity contribution < 1.29 is 23.8 Å². The van der Waals surface area contributed by atoms with E-state index >= 15 is 0 Å². The summed E-state index contributed by atoms with van der Waals surface area (Å²) in [5.41, 5.74) is 0.360. The summed E-state index contributed by atoms with van der Waals surface area (Å²) in [5.74, 6) is -0.447. The molecule has 0 aliphatic carbocycles. The predicted molar refractivity (Wildman–Crippen MR) is 51.0 cm³/mol. The van der Waals surface area contributed by atoms with Crippen molar-refractivity contribution in [2.75, 3.05) is 19.8 Å². The second-order valence-electron chi connectivity index (χ2n) is 3.42. The Labute approximate surface area is 88.0 Å². The van der Waals surface area contributed by atoms with Crippen LogP contribution >= 0.6 is 0 Å². The normalized spacial score (nSPS) is 25.7. The zero-order chi connectivity index (χ0) is 11.3. The fraction of sp³-hybridized carbons (Fsp3) is 0.600. The van der Waals surface area contributed by atoms with Crippen LogP contribution in [-0.4, -0.2) is 38.4 Å². The van der Waals surface area contributed by atoms with E-state index < -0.39 is 12.3 Å². The van der Waals surface area contributed by atoms with E-state index in [0.29, 0.717) is 25.1 Å². The molecule has 0 N–H and O–H groups in total. The molecule has 0 aromatic rings. The van der Waals surface area contributed by atoms with Gasteiger partial charge < -0.3 is 14.2 Å². The van der Waals surface area contributed by atoms with E-state index in [1.165, 1.54) is 0 Å².